The number of aromatic nitrogens is 3. The van der Waals surface area contributed by atoms with Crippen LogP contribution in [0.5, 0.6) is 0 Å². The summed E-state index contributed by atoms with van der Waals surface area (Å²) in [6.45, 7) is 4.36. The molecule has 0 fully saturated rings. The Hall–Kier alpha value is -3.22. The van der Waals surface area contributed by atoms with Crippen LogP contribution >= 0.6 is 0 Å². The third kappa shape index (κ3) is 4.94. The fraction of sp³-hybridized carbons (Fsp3) is 0.333. The third-order valence-corrected chi connectivity index (χ3v) is 4.46. The van der Waals surface area contributed by atoms with E-state index in [-0.39, 0.29) is 11.8 Å². The van der Waals surface area contributed by atoms with E-state index in [9.17, 15) is 9.59 Å². The summed E-state index contributed by atoms with van der Waals surface area (Å²) in [6.07, 6.45) is 6.45. The number of aryl methyl sites for hydroxylation is 2. The van der Waals surface area contributed by atoms with Crippen molar-refractivity contribution in [1.82, 2.24) is 19.7 Å². The van der Waals surface area contributed by atoms with E-state index < -0.39 is 0 Å². The number of amides is 2. The zero-order chi connectivity index (χ0) is 19.9. The summed E-state index contributed by atoms with van der Waals surface area (Å²) in [4.78, 5) is 33.0. The SMILES string of the molecule is Cc1ccc(NC(=O)CCCCCNC(=O)c2c(C)nc3ccccn23)nc1. The maximum Gasteiger partial charge on any atom is 0.270 e. The van der Waals surface area contributed by atoms with Crippen LogP contribution in [-0.4, -0.2) is 32.7 Å². The van der Waals surface area contributed by atoms with Gasteiger partial charge in [0.15, 0.2) is 0 Å². The second-order valence-electron chi connectivity index (χ2n) is 6.81. The number of carbonyl (C=O) groups excluding carboxylic acids is 2. The first kappa shape index (κ1) is 19.5. The second-order valence-corrected chi connectivity index (χ2v) is 6.81. The van der Waals surface area contributed by atoms with Crippen molar-refractivity contribution in [3.8, 4) is 0 Å². The molecular weight excluding hydrogens is 354 g/mol. The van der Waals surface area contributed by atoms with Crippen LogP contribution in [0.2, 0.25) is 0 Å². The zero-order valence-corrected chi connectivity index (χ0v) is 16.2. The van der Waals surface area contributed by atoms with Gasteiger partial charge in [-0.15, -0.1) is 0 Å². The predicted molar refractivity (Wildman–Crippen MR) is 108 cm³/mol. The standard InChI is InChI=1S/C21H25N5O2/c1-15-10-11-17(23-14-15)25-19(27)9-4-3-6-12-22-21(28)20-16(2)24-18-8-5-7-13-26(18)20/h5,7-8,10-11,13-14H,3-4,6,9,12H2,1-2H3,(H,22,28)(H,23,25,27). The molecule has 0 aliphatic carbocycles. The van der Waals surface area contributed by atoms with Crippen molar-refractivity contribution in [3.05, 3.63) is 59.7 Å². The summed E-state index contributed by atoms with van der Waals surface area (Å²) in [6, 6.07) is 9.36. The first-order chi connectivity index (χ1) is 13.5. The lowest BCUT2D eigenvalue weighted by atomic mass is 10.2. The van der Waals surface area contributed by atoms with E-state index in [1.54, 1.807) is 16.7 Å². The number of imidazole rings is 1. The van der Waals surface area contributed by atoms with Gasteiger partial charge in [0.05, 0.1) is 5.69 Å². The molecular formula is C21H25N5O2. The molecule has 0 aliphatic rings. The summed E-state index contributed by atoms with van der Waals surface area (Å²) in [5.41, 5.74) is 3.10. The van der Waals surface area contributed by atoms with Gasteiger partial charge in [-0.05, 0) is 50.5 Å². The molecule has 3 heterocycles. The first-order valence-electron chi connectivity index (χ1n) is 9.49. The van der Waals surface area contributed by atoms with Crippen molar-refractivity contribution in [3.63, 3.8) is 0 Å². The topological polar surface area (TPSA) is 88.4 Å². The monoisotopic (exact) mass is 379 g/mol. The summed E-state index contributed by atoms with van der Waals surface area (Å²) >= 11 is 0. The molecule has 0 radical (unpaired) electrons. The number of carbonyl (C=O) groups is 2. The molecule has 3 aromatic rings. The van der Waals surface area contributed by atoms with Crippen LogP contribution in [0.15, 0.2) is 42.7 Å². The summed E-state index contributed by atoms with van der Waals surface area (Å²) in [7, 11) is 0. The number of pyridine rings is 2. The quantitative estimate of drug-likeness (QED) is 0.588. The van der Waals surface area contributed by atoms with Gasteiger partial charge in [0.25, 0.3) is 5.91 Å². The van der Waals surface area contributed by atoms with Crippen LogP contribution in [0, 0.1) is 13.8 Å². The fourth-order valence-corrected chi connectivity index (χ4v) is 3.01. The molecule has 2 amide bonds. The zero-order valence-electron chi connectivity index (χ0n) is 16.2. The Morgan fingerprint density at radius 2 is 1.93 bits per heavy atom. The maximum atomic E-state index is 12.5. The van der Waals surface area contributed by atoms with Gasteiger partial charge in [-0.2, -0.15) is 0 Å². The second kappa shape index (κ2) is 9.12. The minimum atomic E-state index is -0.126. The van der Waals surface area contributed by atoms with Crippen molar-refractivity contribution >= 4 is 23.3 Å². The number of fused-ring (bicyclic) bond motifs is 1. The van der Waals surface area contributed by atoms with Crippen LogP contribution in [0.4, 0.5) is 5.82 Å². The van der Waals surface area contributed by atoms with Crippen molar-refractivity contribution in [2.24, 2.45) is 0 Å². The van der Waals surface area contributed by atoms with Crippen molar-refractivity contribution in [2.75, 3.05) is 11.9 Å². The maximum absolute atomic E-state index is 12.5. The minimum absolute atomic E-state index is 0.0401. The van der Waals surface area contributed by atoms with Gasteiger partial charge >= 0.3 is 0 Å². The van der Waals surface area contributed by atoms with Crippen LogP contribution in [0.25, 0.3) is 5.65 Å². The predicted octanol–water partition coefficient (Wildman–Crippen LogP) is 3.28. The molecule has 7 nitrogen and oxygen atoms in total. The molecule has 0 saturated heterocycles. The Morgan fingerprint density at radius 1 is 1.07 bits per heavy atom. The molecule has 146 valence electrons. The highest BCUT2D eigenvalue weighted by Gasteiger charge is 2.15. The van der Waals surface area contributed by atoms with E-state index in [2.05, 4.69) is 20.6 Å². The van der Waals surface area contributed by atoms with Gasteiger partial charge in [0.1, 0.15) is 17.2 Å². The fourth-order valence-electron chi connectivity index (χ4n) is 3.01. The van der Waals surface area contributed by atoms with Crippen molar-refractivity contribution < 1.29 is 9.59 Å². The summed E-state index contributed by atoms with van der Waals surface area (Å²) in [5.74, 6) is 0.410. The normalized spacial score (nSPS) is 10.8. The van der Waals surface area contributed by atoms with E-state index in [1.807, 2.05) is 44.3 Å². The Labute approximate surface area is 164 Å². The summed E-state index contributed by atoms with van der Waals surface area (Å²) < 4.78 is 1.80. The largest absolute Gasteiger partial charge is 0.351 e. The molecule has 0 spiro atoms. The molecule has 0 saturated carbocycles. The molecule has 3 aromatic heterocycles. The lowest BCUT2D eigenvalue weighted by Crippen LogP contribution is -2.26. The van der Waals surface area contributed by atoms with Crippen LogP contribution in [0.1, 0.15) is 47.4 Å². The minimum Gasteiger partial charge on any atom is -0.351 e. The highest BCUT2D eigenvalue weighted by atomic mass is 16.2. The molecule has 3 rings (SSSR count). The van der Waals surface area contributed by atoms with Crippen LogP contribution in [0.3, 0.4) is 0 Å². The number of nitrogens with one attached hydrogen (secondary N) is 2. The molecule has 0 aliphatic heterocycles. The van der Waals surface area contributed by atoms with Gasteiger partial charge in [0.2, 0.25) is 5.91 Å². The first-order valence-corrected chi connectivity index (χ1v) is 9.49. The van der Waals surface area contributed by atoms with E-state index in [0.29, 0.717) is 30.2 Å². The number of hydrogen-bond donors (Lipinski definition) is 2. The van der Waals surface area contributed by atoms with E-state index in [4.69, 9.17) is 0 Å². The number of hydrogen-bond acceptors (Lipinski definition) is 4. The Bertz CT molecular complexity index is 963. The van der Waals surface area contributed by atoms with Gasteiger partial charge in [-0.3, -0.25) is 14.0 Å². The molecule has 0 aromatic carbocycles. The van der Waals surface area contributed by atoms with Crippen LogP contribution in [-0.2, 0) is 4.79 Å². The number of rotatable bonds is 8. The molecule has 0 unspecified atom stereocenters. The Balaban J connectivity index is 1.36. The highest BCUT2D eigenvalue weighted by molar-refractivity contribution is 5.94. The number of unbranched alkanes of at least 4 members (excludes halogenated alkanes) is 2. The van der Waals surface area contributed by atoms with E-state index in [1.165, 1.54) is 0 Å². The van der Waals surface area contributed by atoms with Gasteiger partial charge in [-0.25, -0.2) is 9.97 Å². The van der Waals surface area contributed by atoms with Gasteiger partial charge in [-0.1, -0.05) is 18.6 Å². The lowest BCUT2D eigenvalue weighted by molar-refractivity contribution is -0.116. The average Bonchev–Trinajstić information content (AvgIpc) is 3.02. The van der Waals surface area contributed by atoms with E-state index in [0.717, 1.165) is 30.5 Å². The third-order valence-electron chi connectivity index (χ3n) is 4.46. The Morgan fingerprint density at radius 3 is 2.71 bits per heavy atom. The molecule has 7 heteroatoms. The van der Waals surface area contributed by atoms with Crippen molar-refractivity contribution in [1.29, 1.82) is 0 Å². The number of nitrogens with zero attached hydrogens (tertiary/aromatic N) is 3. The molecule has 0 bridgehead atoms. The van der Waals surface area contributed by atoms with Gasteiger partial charge in [0, 0.05) is 25.4 Å². The number of anilines is 1. The van der Waals surface area contributed by atoms with Crippen molar-refractivity contribution in [2.45, 2.75) is 39.5 Å². The Kier molecular flexibility index (Phi) is 6.37. The smallest absolute Gasteiger partial charge is 0.270 e. The molecule has 28 heavy (non-hydrogen) atoms. The highest BCUT2D eigenvalue weighted by Crippen LogP contribution is 2.12. The average molecular weight is 379 g/mol. The van der Waals surface area contributed by atoms with E-state index >= 15 is 0 Å². The lowest BCUT2D eigenvalue weighted by Gasteiger charge is -2.07. The molecule has 2 N–H and O–H groups in total. The summed E-state index contributed by atoms with van der Waals surface area (Å²) in [5, 5.41) is 5.73. The van der Waals surface area contributed by atoms with Crippen LogP contribution < -0.4 is 10.6 Å². The molecule has 0 atom stereocenters. The van der Waals surface area contributed by atoms with Gasteiger partial charge < -0.3 is 10.6 Å².